The van der Waals surface area contributed by atoms with Crippen molar-refractivity contribution in [2.45, 2.75) is 111 Å². The van der Waals surface area contributed by atoms with E-state index in [0.717, 1.165) is 111 Å². The van der Waals surface area contributed by atoms with Gasteiger partial charge in [0.2, 0.25) is 5.71 Å². The highest BCUT2D eigenvalue weighted by atomic mass is 32.1. The van der Waals surface area contributed by atoms with Crippen LogP contribution in [0, 0.1) is 111 Å². The first-order chi connectivity index (χ1) is 47.3. The van der Waals surface area contributed by atoms with E-state index in [1.54, 1.807) is 39.9 Å². The summed E-state index contributed by atoms with van der Waals surface area (Å²) in [5.41, 5.74) is 23.8. The number of furan rings is 1. The fourth-order valence-corrected chi connectivity index (χ4v) is 12.1. The van der Waals surface area contributed by atoms with Gasteiger partial charge >= 0.3 is 0 Å². The van der Waals surface area contributed by atoms with Crippen LogP contribution in [0.1, 0.15) is 89.5 Å². The monoisotopic (exact) mass is 1360 g/mol. The topological polar surface area (TPSA) is 217 Å². The molecule has 0 bridgehead atoms. The van der Waals surface area contributed by atoms with E-state index in [1.165, 1.54) is 59.1 Å². The zero-order valence-corrected chi connectivity index (χ0v) is 60.9. The van der Waals surface area contributed by atoms with Crippen LogP contribution in [0.5, 0.6) is 0 Å². The van der Waals surface area contributed by atoms with E-state index < -0.39 is 0 Å². The number of aromatic nitrogens is 13. The van der Waals surface area contributed by atoms with E-state index in [9.17, 15) is 0 Å². The van der Waals surface area contributed by atoms with E-state index in [2.05, 4.69) is 162 Å². The normalized spacial score (nSPS) is 10.7. The molecule has 18 rings (SSSR count). The molecule has 0 amide bonds. The summed E-state index contributed by atoms with van der Waals surface area (Å²) in [7, 11) is 3.77. The van der Waals surface area contributed by atoms with Crippen molar-refractivity contribution < 1.29 is 22.1 Å². The first kappa shape index (κ1) is 70.7. The van der Waals surface area contributed by atoms with Gasteiger partial charge in [-0.15, -0.1) is 22.7 Å². The van der Waals surface area contributed by atoms with Gasteiger partial charge < -0.3 is 22.1 Å². The Morgan fingerprint density at radius 3 is 1.49 bits per heavy atom. The zero-order chi connectivity index (χ0) is 70.6. The van der Waals surface area contributed by atoms with Crippen LogP contribution in [-0.2, 0) is 14.1 Å². The first-order valence-electron chi connectivity index (χ1n) is 32.2. The number of pyridine rings is 2. The van der Waals surface area contributed by atoms with E-state index in [-0.39, 0.29) is 0 Å². The van der Waals surface area contributed by atoms with Gasteiger partial charge in [0.05, 0.1) is 42.2 Å². The number of aryl methyl sites for hydroxylation is 18. The summed E-state index contributed by atoms with van der Waals surface area (Å²) in [5, 5.41) is 17.3. The molecule has 0 fully saturated rings. The molecule has 11 heterocycles. The lowest BCUT2D eigenvalue weighted by atomic mass is 10.2. The van der Waals surface area contributed by atoms with Crippen molar-refractivity contribution in [3.63, 3.8) is 0 Å². The van der Waals surface area contributed by atoms with Crippen LogP contribution in [0.25, 0.3) is 97.9 Å². The average molecular weight is 1360 g/mol. The molecule has 11 aromatic heterocycles. The van der Waals surface area contributed by atoms with Gasteiger partial charge in [-0.25, -0.2) is 34.9 Å². The van der Waals surface area contributed by atoms with Crippen molar-refractivity contribution in [1.29, 1.82) is 0 Å². The van der Waals surface area contributed by atoms with Crippen LogP contribution in [-0.4, -0.2) is 64.6 Å². The molecule has 504 valence electrons. The second-order valence-corrected chi connectivity index (χ2v) is 26.8. The molecule has 0 aliphatic carbocycles. The van der Waals surface area contributed by atoms with Crippen LogP contribution >= 0.6 is 22.7 Å². The van der Waals surface area contributed by atoms with Crippen LogP contribution in [0.15, 0.2) is 186 Å². The third-order valence-electron chi connectivity index (χ3n) is 14.8. The Labute approximate surface area is 582 Å². The third kappa shape index (κ3) is 19.8. The lowest BCUT2D eigenvalue weighted by molar-refractivity contribution is 0.551. The van der Waals surface area contributed by atoms with Crippen molar-refractivity contribution in [2.24, 2.45) is 14.1 Å². The first-order valence-corrected chi connectivity index (χ1v) is 33.8. The summed E-state index contributed by atoms with van der Waals surface area (Å²) < 4.78 is 31.0. The molecule has 18 aromatic rings. The summed E-state index contributed by atoms with van der Waals surface area (Å²) in [6.45, 7) is 31.8. The predicted octanol–water partition coefficient (Wildman–Crippen LogP) is 20.6. The summed E-state index contributed by atoms with van der Waals surface area (Å²) in [4.78, 5) is 35.2. The Hall–Kier alpha value is -11.1. The molecule has 18 nitrogen and oxygen atoms in total. The Morgan fingerprint density at radius 1 is 0.303 bits per heavy atom. The van der Waals surface area contributed by atoms with Gasteiger partial charge in [0.1, 0.15) is 44.4 Å². The zero-order valence-electron chi connectivity index (χ0n) is 59.3. The van der Waals surface area contributed by atoms with E-state index in [4.69, 9.17) is 22.1 Å². The maximum atomic E-state index is 5.45. The number of fused-ring (bicyclic) bond motifs is 9. The van der Waals surface area contributed by atoms with E-state index >= 15 is 0 Å². The van der Waals surface area contributed by atoms with Crippen LogP contribution < -0.4 is 0 Å². The molecular formula is C79H81N13O5S2. The Bertz CT molecular complexity index is 4630. The van der Waals surface area contributed by atoms with Gasteiger partial charge in [0, 0.05) is 70.7 Å². The van der Waals surface area contributed by atoms with Crippen molar-refractivity contribution in [1.82, 2.24) is 64.6 Å². The van der Waals surface area contributed by atoms with Gasteiger partial charge in [-0.1, -0.05) is 54.6 Å². The predicted molar refractivity (Wildman–Crippen MR) is 402 cm³/mol. The minimum absolute atomic E-state index is 0.619. The number of oxazole rings is 4. The number of hydrogen-bond acceptors (Lipinski definition) is 18. The molecule has 0 unspecified atom stereocenters. The van der Waals surface area contributed by atoms with Gasteiger partial charge in [-0.2, -0.15) is 20.1 Å². The molecule has 0 saturated heterocycles. The molecular weight excluding hydrogens is 1280 g/mol. The van der Waals surface area contributed by atoms with Gasteiger partial charge in [0.15, 0.2) is 40.3 Å². The average Bonchev–Trinajstić information content (AvgIpc) is 1.99. The number of nitrogens with zero attached hydrogens (tertiary/aromatic N) is 13. The maximum Gasteiger partial charge on any atom is 0.246 e. The SMILES string of the molecule is Cc1cc2nc(C)oc2cn1.Cc1ccc2cc(C)oc2c1.Cc1ccc2cn(C)nc2c1.Cc1ccc2nc(C)oc2c1.Cc1ccc2nc(C)sc2c1.Cc1ccc2nn(C)nc2c1.Cc1ccc2oc(C)nc2c1.Cc1ccc2sc(C)nc2c1.Cc1cnc2oc(C)nc2c1. The highest BCUT2D eigenvalue weighted by molar-refractivity contribution is 7.18. The van der Waals surface area contributed by atoms with Crippen LogP contribution in [0.3, 0.4) is 0 Å². The van der Waals surface area contributed by atoms with Crippen molar-refractivity contribution >= 4 is 121 Å². The highest BCUT2D eigenvalue weighted by Gasteiger charge is 2.07. The lowest BCUT2D eigenvalue weighted by Gasteiger charge is -1.89. The fourth-order valence-electron chi connectivity index (χ4n) is 10.3. The van der Waals surface area contributed by atoms with Gasteiger partial charge in [-0.05, 0) is 219 Å². The molecule has 0 aliphatic heterocycles. The lowest BCUT2D eigenvalue weighted by Crippen LogP contribution is -1.90. The second-order valence-electron chi connectivity index (χ2n) is 24.4. The maximum absolute atomic E-state index is 5.45. The van der Waals surface area contributed by atoms with Gasteiger partial charge in [0.25, 0.3) is 0 Å². The van der Waals surface area contributed by atoms with E-state index in [1.807, 2.05) is 175 Å². The number of benzene rings is 7. The summed E-state index contributed by atoms with van der Waals surface area (Å²) >= 11 is 3.50. The summed E-state index contributed by atoms with van der Waals surface area (Å²) in [6, 6.07) is 49.2. The smallest absolute Gasteiger partial charge is 0.246 e. The largest absolute Gasteiger partial charge is 0.461 e. The van der Waals surface area contributed by atoms with Crippen LogP contribution in [0.2, 0.25) is 0 Å². The molecule has 0 spiro atoms. The minimum Gasteiger partial charge on any atom is -0.461 e. The molecule has 0 saturated carbocycles. The molecule has 0 atom stereocenters. The van der Waals surface area contributed by atoms with Crippen molar-refractivity contribution in [2.75, 3.05) is 0 Å². The quantitative estimate of drug-likeness (QED) is 0.138. The third-order valence-corrected chi connectivity index (χ3v) is 16.7. The fraction of sp³-hybridized carbons (Fsp3) is 0.228. The summed E-state index contributed by atoms with van der Waals surface area (Å²) in [5.74, 6) is 3.78. The van der Waals surface area contributed by atoms with Crippen LogP contribution in [0.4, 0.5) is 0 Å². The summed E-state index contributed by atoms with van der Waals surface area (Å²) in [6.07, 6.45) is 5.49. The molecule has 0 radical (unpaired) electrons. The molecule has 7 aromatic carbocycles. The number of thiazole rings is 2. The highest BCUT2D eigenvalue weighted by Crippen LogP contribution is 2.25. The minimum atomic E-state index is 0.619. The molecule has 0 N–H and O–H groups in total. The van der Waals surface area contributed by atoms with Crippen molar-refractivity contribution in [3.8, 4) is 0 Å². The second kappa shape index (κ2) is 31.9. The standard InChI is InChI=1S/C10H10O.C9H10N2.2C9H9NO.2C9H9NS.C8H9N3.2C8H8N2O/c1-7-3-4-9-6-8(2)11-10(9)5-7;1-7-3-4-8-6-11(2)10-9(8)5-7;1-6-3-4-9-8(5-6)10-7(2)11-9;1-6-3-4-8-9(5-6)11-7(2)10-8;1-6-3-4-9-8(5-6)10-7(2)11-9;1-6-3-4-8-9(5-6)11-7(2)10-8;1-6-3-4-7-8(5-6)10-11(2)9-7;1-5-3-7-8(4-9-5)11-6(2)10-7;1-5-3-7-8(9-4-5)11-6(2)10-7/h2*3-6H,1-2H3;5*3-5H,1-2H3;2*3-4H,1-2H3. The Kier molecular flexibility index (Phi) is 22.7. The number of hydrogen-bond donors (Lipinski definition) is 0. The Morgan fingerprint density at radius 2 is 0.788 bits per heavy atom. The molecule has 0 aliphatic rings. The molecule has 20 heteroatoms. The van der Waals surface area contributed by atoms with Gasteiger partial charge in [-0.3, -0.25) is 9.67 Å². The molecule has 99 heavy (non-hydrogen) atoms. The van der Waals surface area contributed by atoms with E-state index in [0.29, 0.717) is 17.5 Å². The number of rotatable bonds is 0. The van der Waals surface area contributed by atoms with Crippen molar-refractivity contribution in [3.05, 3.63) is 254 Å². The Balaban J connectivity index is 0.000000120.